The van der Waals surface area contributed by atoms with Crippen LogP contribution in [0.1, 0.15) is 52.5 Å². The molecule has 1 aromatic carbocycles. The van der Waals surface area contributed by atoms with E-state index in [1.54, 1.807) is 25.1 Å². The van der Waals surface area contributed by atoms with Gasteiger partial charge in [-0.05, 0) is 49.8 Å². The largest absolute Gasteiger partial charge is 0.451 e. The number of aryl methyl sites for hydroxylation is 1. The number of ether oxygens (including phenoxy) is 1. The smallest absolute Gasteiger partial charge is 0.326 e. The molecule has 0 radical (unpaired) electrons. The molecule has 32 heavy (non-hydrogen) atoms. The van der Waals surface area contributed by atoms with Gasteiger partial charge in [0.15, 0.2) is 6.10 Å². The van der Waals surface area contributed by atoms with E-state index in [2.05, 4.69) is 11.4 Å². The van der Waals surface area contributed by atoms with Gasteiger partial charge < -0.3 is 10.1 Å². The van der Waals surface area contributed by atoms with Gasteiger partial charge in [0, 0.05) is 4.88 Å². The third-order valence-electron chi connectivity index (χ3n) is 5.62. The number of amides is 2. The minimum absolute atomic E-state index is 0.216. The van der Waals surface area contributed by atoms with Crippen LogP contribution in [0.3, 0.4) is 0 Å². The fourth-order valence-corrected chi connectivity index (χ4v) is 5.26. The van der Waals surface area contributed by atoms with E-state index >= 15 is 0 Å². The third-order valence-corrected chi connectivity index (χ3v) is 6.83. The highest BCUT2D eigenvalue weighted by Gasteiger charge is 2.37. The lowest BCUT2D eigenvalue weighted by molar-refractivity contribution is -0.153. The number of nitrogens with zero attached hydrogens (tertiary/aromatic N) is 2. The van der Waals surface area contributed by atoms with Crippen LogP contribution in [0.4, 0.5) is 10.7 Å². The first-order valence-electron chi connectivity index (χ1n) is 10.4. The molecule has 2 aromatic rings. The molecule has 1 aliphatic heterocycles. The Labute approximate surface area is 188 Å². The Morgan fingerprint density at radius 1 is 1.25 bits per heavy atom. The van der Waals surface area contributed by atoms with Crippen molar-refractivity contribution in [3.8, 4) is 6.07 Å². The number of fused-ring (bicyclic) bond motifs is 2. The zero-order valence-electron chi connectivity index (χ0n) is 17.5. The van der Waals surface area contributed by atoms with Gasteiger partial charge in [0.2, 0.25) is 0 Å². The maximum Gasteiger partial charge on any atom is 0.326 e. The molecule has 4 rings (SSSR count). The average molecular weight is 452 g/mol. The molecule has 2 amide bonds. The van der Waals surface area contributed by atoms with Crippen LogP contribution >= 0.6 is 11.3 Å². The van der Waals surface area contributed by atoms with Gasteiger partial charge in [-0.2, -0.15) is 5.26 Å². The Kier molecular flexibility index (Phi) is 6.06. The number of nitrogens with one attached hydrogen (secondary N) is 1. The molecule has 8 nitrogen and oxygen atoms in total. The molecular weight excluding hydrogens is 430 g/mol. The van der Waals surface area contributed by atoms with Gasteiger partial charge >= 0.3 is 5.97 Å². The molecule has 1 unspecified atom stereocenters. The van der Waals surface area contributed by atoms with E-state index in [0.717, 1.165) is 41.0 Å². The first-order chi connectivity index (χ1) is 15.4. The van der Waals surface area contributed by atoms with Crippen LogP contribution in [0.25, 0.3) is 0 Å². The molecule has 0 saturated carbocycles. The molecule has 164 valence electrons. The predicted octanol–water partition coefficient (Wildman–Crippen LogP) is 2.99. The number of rotatable bonds is 6. The molecule has 1 aliphatic carbocycles. The number of nitriles is 1. The second-order valence-electron chi connectivity index (χ2n) is 7.64. The van der Waals surface area contributed by atoms with E-state index in [9.17, 15) is 24.4 Å². The van der Waals surface area contributed by atoms with Crippen LogP contribution in [-0.4, -0.2) is 36.2 Å². The van der Waals surface area contributed by atoms with Gasteiger partial charge in [0.1, 0.15) is 17.6 Å². The molecule has 0 saturated heterocycles. The highest BCUT2D eigenvalue weighted by molar-refractivity contribution is 7.16. The van der Waals surface area contributed by atoms with Crippen LogP contribution in [-0.2, 0) is 32.0 Å². The lowest BCUT2D eigenvalue weighted by Gasteiger charge is -2.19. The van der Waals surface area contributed by atoms with E-state index in [1.807, 2.05) is 0 Å². The fourth-order valence-electron chi connectivity index (χ4n) is 4.02. The molecule has 2 aliphatic rings. The first kappa shape index (κ1) is 21.7. The molecule has 1 atom stereocenters. The number of hydrogen-bond donors (Lipinski definition) is 1. The SMILES string of the molecule is CCC(OC(=O)CN1C(=O)C(=O)c2ccccc21)C(=O)Nc1sc2c(c1C#N)CCCC2. The van der Waals surface area contributed by atoms with Gasteiger partial charge in [-0.25, -0.2) is 0 Å². The zero-order valence-corrected chi connectivity index (χ0v) is 18.3. The maximum atomic E-state index is 12.8. The number of carbonyl (C=O) groups excluding carboxylic acids is 4. The van der Waals surface area contributed by atoms with Crippen molar-refractivity contribution in [3.05, 3.63) is 45.8 Å². The van der Waals surface area contributed by atoms with E-state index in [1.165, 1.54) is 17.4 Å². The van der Waals surface area contributed by atoms with Gasteiger partial charge in [-0.3, -0.25) is 24.1 Å². The number of para-hydroxylation sites is 1. The van der Waals surface area contributed by atoms with E-state index in [-0.39, 0.29) is 12.0 Å². The van der Waals surface area contributed by atoms with Gasteiger partial charge in [0.05, 0.1) is 16.8 Å². The highest BCUT2D eigenvalue weighted by Crippen LogP contribution is 2.37. The Hall–Kier alpha value is -3.51. The topological polar surface area (TPSA) is 117 Å². The van der Waals surface area contributed by atoms with Crippen molar-refractivity contribution >= 4 is 45.6 Å². The normalized spacial score (nSPS) is 15.6. The van der Waals surface area contributed by atoms with Crippen LogP contribution in [0.2, 0.25) is 0 Å². The second kappa shape index (κ2) is 8.93. The monoisotopic (exact) mass is 451 g/mol. The molecule has 0 bridgehead atoms. The molecule has 1 aromatic heterocycles. The zero-order chi connectivity index (χ0) is 22.8. The standard InChI is InChI=1S/C23H21N3O5S/c1-2-17(21(29)25-22-15(11-24)13-7-4-6-10-18(13)32-22)31-19(27)12-26-16-9-5-3-8-14(16)20(28)23(26)30/h3,5,8-9,17H,2,4,6-7,10,12H2,1H3,(H,25,29). The summed E-state index contributed by atoms with van der Waals surface area (Å²) in [5.74, 6) is -2.80. The summed E-state index contributed by atoms with van der Waals surface area (Å²) in [7, 11) is 0. The minimum Gasteiger partial charge on any atom is -0.451 e. The number of anilines is 2. The van der Waals surface area contributed by atoms with Crippen molar-refractivity contribution in [2.75, 3.05) is 16.8 Å². The van der Waals surface area contributed by atoms with Crippen LogP contribution in [0.15, 0.2) is 24.3 Å². The number of thiophene rings is 1. The number of ketones is 1. The lowest BCUT2D eigenvalue weighted by atomic mass is 9.96. The molecule has 1 N–H and O–H groups in total. The van der Waals surface area contributed by atoms with E-state index in [0.29, 0.717) is 16.3 Å². The third kappa shape index (κ3) is 3.89. The Morgan fingerprint density at radius 2 is 2.00 bits per heavy atom. The summed E-state index contributed by atoms with van der Waals surface area (Å²) in [5.41, 5.74) is 2.07. The summed E-state index contributed by atoms with van der Waals surface area (Å²) in [5, 5.41) is 12.8. The quantitative estimate of drug-likeness (QED) is 0.533. The number of hydrogen-bond acceptors (Lipinski definition) is 7. The van der Waals surface area contributed by atoms with Crippen molar-refractivity contribution in [3.63, 3.8) is 0 Å². The Bertz CT molecular complexity index is 1160. The van der Waals surface area contributed by atoms with Crippen LogP contribution in [0.5, 0.6) is 0 Å². The maximum absolute atomic E-state index is 12.8. The van der Waals surface area contributed by atoms with Crippen molar-refractivity contribution in [2.24, 2.45) is 0 Å². The summed E-state index contributed by atoms with van der Waals surface area (Å²) < 4.78 is 5.34. The van der Waals surface area contributed by atoms with Crippen LogP contribution < -0.4 is 10.2 Å². The number of benzene rings is 1. The van der Waals surface area contributed by atoms with Gasteiger partial charge in [-0.1, -0.05) is 19.1 Å². The summed E-state index contributed by atoms with van der Waals surface area (Å²) in [4.78, 5) is 51.8. The van der Waals surface area contributed by atoms with Crippen molar-refractivity contribution in [2.45, 2.75) is 45.1 Å². The highest BCUT2D eigenvalue weighted by atomic mass is 32.1. The Balaban J connectivity index is 1.44. The van der Waals surface area contributed by atoms with Crippen molar-refractivity contribution in [1.29, 1.82) is 5.26 Å². The van der Waals surface area contributed by atoms with Gasteiger partial charge in [-0.15, -0.1) is 11.3 Å². The summed E-state index contributed by atoms with van der Waals surface area (Å²) >= 11 is 1.40. The second-order valence-corrected chi connectivity index (χ2v) is 8.75. The number of carbonyl (C=O) groups is 4. The van der Waals surface area contributed by atoms with Crippen molar-refractivity contribution < 1.29 is 23.9 Å². The lowest BCUT2D eigenvalue weighted by Crippen LogP contribution is -2.39. The van der Waals surface area contributed by atoms with Gasteiger partial charge in [0.25, 0.3) is 17.6 Å². The molecule has 2 heterocycles. The molecule has 9 heteroatoms. The number of esters is 1. The molecular formula is C23H21N3O5S. The summed E-state index contributed by atoms with van der Waals surface area (Å²) in [6, 6.07) is 8.60. The van der Waals surface area contributed by atoms with E-state index in [4.69, 9.17) is 4.74 Å². The fraction of sp³-hybridized carbons (Fsp3) is 0.348. The number of Topliss-reactive ketones (excluding diaryl/α,β-unsaturated/α-hetero) is 1. The minimum atomic E-state index is -1.09. The predicted molar refractivity (Wildman–Crippen MR) is 118 cm³/mol. The summed E-state index contributed by atoms with van der Waals surface area (Å²) in [6.07, 6.45) is 2.91. The molecule has 0 spiro atoms. The average Bonchev–Trinajstić information content (AvgIpc) is 3.27. The van der Waals surface area contributed by atoms with Crippen LogP contribution in [0, 0.1) is 11.3 Å². The summed E-state index contributed by atoms with van der Waals surface area (Å²) in [6.45, 7) is 1.23. The first-order valence-corrected chi connectivity index (χ1v) is 11.3. The Morgan fingerprint density at radius 3 is 2.75 bits per heavy atom. The van der Waals surface area contributed by atoms with E-state index < -0.39 is 36.2 Å². The van der Waals surface area contributed by atoms with Crippen molar-refractivity contribution in [1.82, 2.24) is 0 Å². The molecule has 0 fully saturated rings.